The number of benzene rings is 1. The molecule has 0 spiro atoms. The van der Waals surface area contributed by atoms with Crippen LogP contribution in [0.4, 0.5) is 5.69 Å². The van der Waals surface area contributed by atoms with Crippen LogP contribution in [-0.4, -0.2) is 4.92 Å². The summed E-state index contributed by atoms with van der Waals surface area (Å²) in [5.74, 6) is 0. The average molecular weight is 233 g/mol. The standard InChI is InChI=1S/C14H19NO2/c1-2-3-4-5-6-7-8-13-9-11-14(12-10-13)15(16)17/h7-12H,2-6H2,1H3/b8-7+. The summed E-state index contributed by atoms with van der Waals surface area (Å²) >= 11 is 0. The first-order valence-electron chi connectivity index (χ1n) is 6.15. The first kappa shape index (κ1) is 13.4. The first-order valence-corrected chi connectivity index (χ1v) is 6.15. The summed E-state index contributed by atoms with van der Waals surface area (Å²) in [5, 5.41) is 10.5. The molecule has 0 radical (unpaired) electrons. The van der Waals surface area contributed by atoms with Gasteiger partial charge in [0, 0.05) is 12.1 Å². The van der Waals surface area contributed by atoms with E-state index in [1.165, 1.54) is 37.8 Å². The Morgan fingerprint density at radius 2 is 1.88 bits per heavy atom. The monoisotopic (exact) mass is 233 g/mol. The van der Waals surface area contributed by atoms with Crippen LogP contribution < -0.4 is 0 Å². The SMILES string of the molecule is CCCCCC/C=C/c1ccc([N+](=O)[O-])cc1. The van der Waals surface area contributed by atoms with E-state index < -0.39 is 0 Å². The fourth-order valence-electron chi connectivity index (χ4n) is 1.62. The molecule has 1 rings (SSSR count). The van der Waals surface area contributed by atoms with Gasteiger partial charge in [0.2, 0.25) is 0 Å². The third-order valence-electron chi connectivity index (χ3n) is 2.64. The van der Waals surface area contributed by atoms with Crippen LogP contribution in [0.5, 0.6) is 0 Å². The van der Waals surface area contributed by atoms with Crippen LogP contribution >= 0.6 is 0 Å². The highest BCUT2D eigenvalue weighted by Gasteiger charge is 2.01. The molecular weight excluding hydrogens is 214 g/mol. The smallest absolute Gasteiger partial charge is 0.258 e. The number of allylic oxidation sites excluding steroid dienone is 1. The number of nitro groups is 1. The Kier molecular flexibility index (Phi) is 6.00. The van der Waals surface area contributed by atoms with Gasteiger partial charge in [-0.15, -0.1) is 0 Å². The Morgan fingerprint density at radius 1 is 1.18 bits per heavy atom. The molecule has 0 saturated carbocycles. The van der Waals surface area contributed by atoms with E-state index in [4.69, 9.17) is 0 Å². The Labute approximate surface area is 102 Å². The second kappa shape index (κ2) is 7.60. The van der Waals surface area contributed by atoms with E-state index in [2.05, 4.69) is 13.0 Å². The normalized spacial score (nSPS) is 10.9. The first-order chi connectivity index (χ1) is 8.24. The minimum absolute atomic E-state index is 0.144. The molecule has 0 aromatic heterocycles. The summed E-state index contributed by atoms with van der Waals surface area (Å²) in [5.41, 5.74) is 1.16. The van der Waals surface area contributed by atoms with E-state index in [-0.39, 0.29) is 10.6 Å². The van der Waals surface area contributed by atoms with E-state index in [9.17, 15) is 10.1 Å². The molecule has 1 aromatic rings. The molecule has 17 heavy (non-hydrogen) atoms. The molecule has 0 amide bonds. The second-order valence-corrected chi connectivity index (χ2v) is 4.10. The number of non-ortho nitro benzene ring substituents is 1. The number of nitrogens with zero attached hydrogens (tertiary/aromatic N) is 1. The molecule has 0 aliphatic carbocycles. The van der Waals surface area contributed by atoms with Crippen LogP contribution in [0.25, 0.3) is 6.08 Å². The van der Waals surface area contributed by atoms with E-state index in [0.717, 1.165) is 12.0 Å². The number of unbranched alkanes of at least 4 members (excludes halogenated alkanes) is 4. The summed E-state index contributed by atoms with van der Waals surface area (Å²) in [6.07, 6.45) is 10.3. The quantitative estimate of drug-likeness (QED) is 0.393. The molecule has 0 bridgehead atoms. The van der Waals surface area contributed by atoms with Crippen molar-refractivity contribution < 1.29 is 4.92 Å². The molecule has 1 aromatic carbocycles. The van der Waals surface area contributed by atoms with Crippen LogP contribution in [-0.2, 0) is 0 Å². The van der Waals surface area contributed by atoms with Crippen molar-refractivity contribution in [1.82, 2.24) is 0 Å². The lowest BCUT2D eigenvalue weighted by Gasteiger charge is -1.95. The van der Waals surface area contributed by atoms with Gasteiger partial charge in [-0.3, -0.25) is 10.1 Å². The molecule has 0 N–H and O–H groups in total. The lowest BCUT2D eigenvalue weighted by Crippen LogP contribution is -1.86. The molecule has 3 nitrogen and oxygen atoms in total. The van der Waals surface area contributed by atoms with E-state index >= 15 is 0 Å². The number of nitro benzene ring substituents is 1. The summed E-state index contributed by atoms with van der Waals surface area (Å²) in [4.78, 5) is 10.1. The molecule has 0 aliphatic heterocycles. The van der Waals surface area contributed by atoms with Crippen molar-refractivity contribution in [2.45, 2.75) is 39.0 Å². The van der Waals surface area contributed by atoms with Crippen molar-refractivity contribution in [3.8, 4) is 0 Å². The van der Waals surface area contributed by atoms with Gasteiger partial charge >= 0.3 is 0 Å². The van der Waals surface area contributed by atoms with E-state index in [0.29, 0.717) is 0 Å². The molecule has 3 heteroatoms. The largest absolute Gasteiger partial charge is 0.269 e. The van der Waals surface area contributed by atoms with Crippen molar-refractivity contribution in [2.75, 3.05) is 0 Å². The van der Waals surface area contributed by atoms with Crippen LogP contribution in [0.15, 0.2) is 30.3 Å². The van der Waals surface area contributed by atoms with Crippen molar-refractivity contribution in [1.29, 1.82) is 0 Å². The highest BCUT2D eigenvalue weighted by atomic mass is 16.6. The summed E-state index contributed by atoms with van der Waals surface area (Å²) in [7, 11) is 0. The minimum Gasteiger partial charge on any atom is -0.258 e. The van der Waals surface area contributed by atoms with Crippen molar-refractivity contribution in [3.05, 3.63) is 46.0 Å². The van der Waals surface area contributed by atoms with Crippen molar-refractivity contribution >= 4 is 11.8 Å². The van der Waals surface area contributed by atoms with E-state index in [1.54, 1.807) is 12.1 Å². The van der Waals surface area contributed by atoms with Gasteiger partial charge in [0.15, 0.2) is 0 Å². The molecular formula is C14H19NO2. The van der Waals surface area contributed by atoms with Crippen molar-refractivity contribution in [2.24, 2.45) is 0 Å². The van der Waals surface area contributed by atoms with Gasteiger partial charge in [0.05, 0.1) is 4.92 Å². The average Bonchev–Trinajstić information content (AvgIpc) is 2.34. The summed E-state index contributed by atoms with van der Waals surface area (Å²) in [6.45, 7) is 2.20. The third-order valence-corrected chi connectivity index (χ3v) is 2.64. The number of hydrogen-bond donors (Lipinski definition) is 0. The van der Waals surface area contributed by atoms with E-state index in [1.807, 2.05) is 6.08 Å². The van der Waals surface area contributed by atoms with Gasteiger partial charge < -0.3 is 0 Å². The van der Waals surface area contributed by atoms with Gasteiger partial charge in [-0.05, 0) is 30.5 Å². The maximum Gasteiger partial charge on any atom is 0.269 e. The van der Waals surface area contributed by atoms with Gasteiger partial charge in [-0.2, -0.15) is 0 Å². The van der Waals surface area contributed by atoms with Gasteiger partial charge in [0.1, 0.15) is 0 Å². The Morgan fingerprint density at radius 3 is 2.47 bits per heavy atom. The molecule has 0 atom stereocenters. The molecule has 0 saturated heterocycles. The predicted molar refractivity (Wildman–Crippen MR) is 70.9 cm³/mol. The highest BCUT2D eigenvalue weighted by molar-refractivity contribution is 5.51. The van der Waals surface area contributed by atoms with Crippen LogP contribution in [0, 0.1) is 10.1 Å². The third kappa shape index (κ3) is 5.29. The van der Waals surface area contributed by atoms with Crippen LogP contribution in [0.1, 0.15) is 44.6 Å². The maximum absolute atomic E-state index is 10.5. The van der Waals surface area contributed by atoms with Crippen LogP contribution in [0.3, 0.4) is 0 Å². The molecule has 0 heterocycles. The Hall–Kier alpha value is -1.64. The van der Waals surface area contributed by atoms with Gasteiger partial charge in [0.25, 0.3) is 5.69 Å². The Balaban J connectivity index is 2.36. The zero-order chi connectivity index (χ0) is 12.5. The fourth-order valence-corrected chi connectivity index (χ4v) is 1.62. The number of rotatable bonds is 7. The minimum atomic E-state index is -0.377. The molecule has 0 aliphatic rings. The topological polar surface area (TPSA) is 43.1 Å². The summed E-state index contributed by atoms with van der Waals surface area (Å²) in [6, 6.07) is 6.63. The predicted octanol–water partition coefficient (Wildman–Crippen LogP) is 4.58. The lowest BCUT2D eigenvalue weighted by molar-refractivity contribution is -0.384. The van der Waals surface area contributed by atoms with Gasteiger partial charge in [-0.25, -0.2) is 0 Å². The maximum atomic E-state index is 10.5. The summed E-state index contributed by atoms with van der Waals surface area (Å²) < 4.78 is 0. The molecule has 0 fully saturated rings. The van der Waals surface area contributed by atoms with Crippen LogP contribution in [0.2, 0.25) is 0 Å². The van der Waals surface area contributed by atoms with Gasteiger partial charge in [-0.1, -0.05) is 38.3 Å². The zero-order valence-corrected chi connectivity index (χ0v) is 10.3. The second-order valence-electron chi connectivity index (χ2n) is 4.10. The molecule has 0 unspecified atom stereocenters. The lowest BCUT2D eigenvalue weighted by atomic mass is 10.1. The molecule has 92 valence electrons. The number of hydrogen-bond acceptors (Lipinski definition) is 2. The highest BCUT2D eigenvalue weighted by Crippen LogP contribution is 2.13. The van der Waals surface area contributed by atoms with Crippen molar-refractivity contribution in [3.63, 3.8) is 0 Å². The fraction of sp³-hybridized carbons (Fsp3) is 0.429. The zero-order valence-electron chi connectivity index (χ0n) is 10.3. The Bertz CT molecular complexity index is 368.